The highest BCUT2D eigenvalue weighted by molar-refractivity contribution is 8.02. The summed E-state index contributed by atoms with van der Waals surface area (Å²) in [5.74, 6) is -12.9. The number of cyclic esters (lactones) is 2. The van der Waals surface area contributed by atoms with Crippen LogP contribution in [0, 0.1) is 11.8 Å². The average Bonchev–Trinajstić information content (AvgIpc) is 3.41. The third-order valence-electron chi connectivity index (χ3n) is 13.4. The molecule has 28 heteroatoms. The van der Waals surface area contributed by atoms with E-state index in [1.807, 2.05) is 0 Å². The summed E-state index contributed by atoms with van der Waals surface area (Å²) in [6.07, 6.45) is 3.41. The Balaban J connectivity index is 1.47. The van der Waals surface area contributed by atoms with Crippen LogP contribution in [0.15, 0.2) is 60.9 Å². The molecule has 3 unspecified atom stereocenters. The minimum atomic E-state index is -2.68. The Bertz CT molecular complexity index is 3110. The van der Waals surface area contributed by atoms with Crippen molar-refractivity contribution in [1.29, 1.82) is 0 Å². The molecule has 2 aliphatic rings. The van der Waals surface area contributed by atoms with Gasteiger partial charge in [0.05, 0.1) is 40.2 Å². The van der Waals surface area contributed by atoms with Gasteiger partial charge in [-0.25, -0.2) is 19.6 Å². The molecule has 0 aliphatic carbocycles. The van der Waals surface area contributed by atoms with E-state index in [1.165, 1.54) is 27.9 Å². The molecule has 11 atom stereocenters. The molecule has 2 aromatic heterocycles. The first kappa shape index (κ1) is 60.4. The molecule has 4 N–H and O–H groups in total. The van der Waals surface area contributed by atoms with Crippen molar-refractivity contribution in [2.75, 3.05) is 53.4 Å². The molecule has 2 fully saturated rings. The van der Waals surface area contributed by atoms with Crippen LogP contribution in [0.2, 0.25) is 0 Å². The van der Waals surface area contributed by atoms with Gasteiger partial charge in [-0.15, -0.1) is 0 Å². The Kier molecular flexibility index (Phi) is 19.7. The molecule has 4 aromatic rings. The second kappa shape index (κ2) is 25.7. The van der Waals surface area contributed by atoms with E-state index in [2.05, 4.69) is 41.2 Å². The Labute approximate surface area is 459 Å². The highest BCUT2D eigenvalue weighted by atomic mass is 32.2. The van der Waals surface area contributed by atoms with Crippen LogP contribution in [0.1, 0.15) is 62.5 Å². The van der Waals surface area contributed by atoms with E-state index < -0.39 is 165 Å². The number of hydrogen-bond donors (Lipinski definition) is 4. The van der Waals surface area contributed by atoms with Crippen LogP contribution in [-0.2, 0) is 69.4 Å². The second-order valence-electron chi connectivity index (χ2n) is 19.8. The van der Waals surface area contributed by atoms with E-state index in [9.17, 15) is 42.6 Å². The third kappa shape index (κ3) is 13.7. The number of carbonyl (C=O) groups excluding carboxylic acids is 10. The summed E-state index contributed by atoms with van der Waals surface area (Å²) >= 11 is 0. The fourth-order valence-electron chi connectivity index (χ4n) is 9.13. The second-order valence-corrected chi connectivity index (χ2v) is 23.2. The number of nitrogens with zero attached hydrogens (tertiary/aromatic N) is 8. The Morgan fingerprint density at radius 1 is 0.620 bits per heavy atom. The van der Waals surface area contributed by atoms with Gasteiger partial charge in [0.25, 0.3) is 11.8 Å². The Morgan fingerprint density at radius 2 is 1.01 bits per heavy atom. The maximum Gasteiger partial charge on any atom is 0.329 e. The molecule has 0 spiro atoms. The molecule has 2 aliphatic heterocycles. The molecule has 0 saturated carbocycles. The van der Waals surface area contributed by atoms with Crippen molar-refractivity contribution in [1.82, 2.24) is 60.8 Å². The predicted octanol–water partition coefficient (Wildman–Crippen LogP) is -1.33. The number of nitrogens with one attached hydrogen (secondary N) is 4. The van der Waals surface area contributed by atoms with Gasteiger partial charge >= 0.3 is 11.9 Å². The van der Waals surface area contributed by atoms with Gasteiger partial charge in [0, 0.05) is 56.0 Å². The normalized spacial score (nSPS) is 26.4. The molecule has 8 amide bonds. The zero-order valence-electron chi connectivity index (χ0n) is 45.4. The highest BCUT2D eigenvalue weighted by Crippen LogP contribution is 2.24. The van der Waals surface area contributed by atoms with E-state index in [4.69, 9.17) is 9.47 Å². The van der Waals surface area contributed by atoms with Crippen molar-refractivity contribution in [2.24, 2.45) is 11.8 Å². The molecule has 79 heavy (non-hydrogen) atoms. The Hall–Kier alpha value is -7.88. The van der Waals surface area contributed by atoms with Crippen molar-refractivity contribution < 1.29 is 65.8 Å². The van der Waals surface area contributed by atoms with E-state index in [-0.39, 0.29) is 11.4 Å². The van der Waals surface area contributed by atoms with E-state index in [0.29, 0.717) is 22.1 Å². The summed E-state index contributed by atoms with van der Waals surface area (Å²) in [4.78, 5) is 165. The lowest BCUT2D eigenvalue weighted by Crippen LogP contribution is -2.63. The Morgan fingerprint density at radius 3 is 1.42 bits per heavy atom. The monoisotopic (exact) mass is 1130 g/mol. The number of hydrogen-bond acceptors (Lipinski definition) is 18. The smallest absolute Gasteiger partial charge is 0.329 e. The van der Waals surface area contributed by atoms with Crippen molar-refractivity contribution in [3.63, 3.8) is 0 Å². The molecule has 424 valence electrons. The summed E-state index contributed by atoms with van der Waals surface area (Å²) in [5.41, 5.74) is 1.13. The van der Waals surface area contributed by atoms with Gasteiger partial charge in [0.2, 0.25) is 35.4 Å². The maximum absolute atomic E-state index is 15.3. The minimum Gasteiger partial charge on any atom is -0.461 e. The molecule has 2 aromatic carbocycles. The number of fused-ring (bicyclic) bond motifs is 6. The van der Waals surface area contributed by atoms with Crippen molar-refractivity contribution >= 4 is 103 Å². The molecule has 2 bridgehead atoms. The number of benzene rings is 2. The number of rotatable bonds is 7. The van der Waals surface area contributed by atoms with E-state index >= 15 is 13.8 Å². The van der Waals surface area contributed by atoms with Crippen LogP contribution < -0.4 is 21.3 Å². The lowest BCUT2D eigenvalue weighted by molar-refractivity contribution is -0.160. The van der Waals surface area contributed by atoms with Crippen molar-refractivity contribution in [2.45, 2.75) is 94.5 Å². The molecule has 26 nitrogen and oxygen atoms in total. The van der Waals surface area contributed by atoms with Crippen LogP contribution in [-0.4, -0.2) is 213 Å². The molecular weight excluding hydrogens is 1070 g/mol. The zero-order valence-corrected chi connectivity index (χ0v) is 47.0. The SMILES string of the molecule is CC(C)[C@H]1C(=O)OC[C@H](NC(=O)c2cnc3ccccc3n2)C(=O)N[C@@H](C)C(=O)N(C)[C@H]2CS(=O)C(S(C)=O)[C@@H](C(=O)N1C)N(C)C(=O)[C@H](C)NC(=O)[C@@H](NC(=O)c1cnc3ccccc3n1)COC(=O)[C@H](C(C)C)N(C)C2=O. The van der Waals surface area contributed by atoms with Gasteiger partial charge in [-0.1, -0.05) is 52.0 Å². The van der Waals surface area contributed by atoms with E-state index in [0.717, 1.165) is 52.3 Å². The van der Waals surface area contributed by atoms with Crippen LogP contribution >= 0.6 is 0 Å². The lowest BCUT2D eigenvalue weighted by atomic mass is 10.0. The fourth-order valence-corrected chi connectivity index (χ4v) is 12.7. The number of esters is 2. The third-order valence-corrected chi connectivity index (χ3v) is 17.2. The van der Waals surface area contributed by atoms with Gasteiger partial charge in [-0.2, -0.15) is 0 Å². The van der Waals surface area contributed by atoms with Gasteiger partial charge in [0.15, 0.2) is 0 Å². The van der Waals surface area contributed by atoms with Gasteiger partial charge in [-0.05, 0) is 49.9 Å². The number of aromatic nitrogens is 4. The molecule has 6 rings (SSSR count). The summed E-state index contributed by atoms with van der Waals surface area (Å²) in [6, 6.07) is -0.333. The maximum atomic E-state index is 15.3. The van der Waals surface area contributed by atoms with Crippen LogP contribution in [0.25, 0.3) is 22.1 Å². The average molecular weight is 1130 g/mol. The van der Waals surface area contributed by atoms with Crippen LogP contribution in [0.4, 0.5) is 0 Å². The van der Waals surface area contributed by atoms with Gasteiger partial charge in [0.1, 0.15) is 77.5 Å². The summed E-state index contributed by atoms with van der Waals surface area (Å²) < 4.78 is 38.8. The topological polar surface area (TPSA) is 336 Å². The molecule has 0 radical (unpaired) electrons. The number of para-hydroxylation sites is 4. The largest absolute Gasteiger partial charge is 0.461 e. The van der Waals surface area contributed by atoms with Crippen LogP contribution in [0.3, 0.4) is 0 Å². The number of carbonyl (C=O) groups is 10. The van der Waals surface area contributed by atoms with Gasteiger partial charge in [-0.3, -0.25) is 56.7 Å². The molecule has 4 heterocycles. The number of ether oxygens (including phenoxy) is 2. The van der Waals surface area contributed by atoms with Crippen LogP contribution in [0.5, 0.6) is 0 Å². The minimum absolute atomic E-state index is 0.233. The zero-order chi connectivity index (χ0) is 58.3. The first-order valence-electron chi connectivity index (χ1n) is 25.0. The predicted molar refractivity (Wildman–Crippen MR) is 285 cm³/mol. The quantitative estimate of drug-likeness (QED) is 0.156. The highest BCUT2D eigenvalue weighted by Gasteiger charge is 2.48. The summed E-state index contributed by atoms with van der Waals surface area (Å²) in [7, 11) is -0.444. The van der Waals surface area contributed by atoms with Crippen molar-refractivity contribution in [3.05, 3.63) is 72.3 Å². The standard InChI is InChI=1S/C51H64N12O14S2/c1-25(2)38-49(72)76-22-36(59-42(65)34-21-53-30-17-13-15-19-32(30)57-34)44(67)55-28(6)46(69)63(10)40-48(71)62(9)39(26(3)4)50(73)77-23-35(58-41(64)33-20-52-29-16-12-14-18-31(29)56-33)43(66)54-27(5)45(68)60(7)37(47(70)61(38)8)24-79(75)51(40)78(11)74/h12-21,25-28,35-40,51H,22-24H2,1-11H3,(H,54,66)(H,55,67)(H,58,64)(H,59,65)/t27-,28-,35-,36-,37-,38-,39-,40+,51?,78?,79?/m0/s1. The van der Waals surface area contributed by atoms with E-state index in [1.54, 1.807) is 76.2 Å². The summed E-state index contributed by atoms with van der Waals surface area (Å²) in [5, 5.41) is 9.89. The van der Waals surface area contributed by atoms with Crippen molar-refractivity contribution in [3.8, 4) is 0 Å². The molecular formula is C51H64N12O14S2. The first-order chi connectivity index (χ1) is 37.2. The number of likely N-dealkylation sites (N-methyl/N-ethyl adjacent to an activating group) is 4. The summed E-state index contributed by atoms with van der Waals surface area (Å²) in [6.45, 7) is 6.89. The van der Waals surface area contributed by atoms with Gasteiger partial charge < -0.3 is 50.3 Å². The molecule has 2 saturated heterocycles. The fraction of sp³-hybridized carbons (Fsp3) is 0.490. The lowest BCUT2D eigenvalue weighted by Gasteiger charge is -2.39. The number of amides is 8. The first-order valence-corrected chi connectivity index (χ1v) is 28.0.